The molecule has 18 heavy (non-hydrogen) atoms. The van der Waals surface area contributed by atoms with E-state index >= 15 is 0 Å². The summed E-state index contributed by atoms with van der Waals surface area (Å²) in [5.74, 6) is 8.82. The standard InChI is InChI=1S/C11H14N6O/c12-17-10-5-9(13-6-8-3-4-14-18-8)15-11(16-10)7-1-2-7/h3-5,7H,1-2,6,12H2,(H2,13,15,16,17). The molecular formula is C11H14N6O. The lowest BCUT2D eigenvalue weighted by molar-refractivity contribution is 0.388. The van der Waals surface area contributed by atoms with E-state index < -0.39 is 0 Å². The van der Waals surface area contributed by atoms with Crippen LogP contribution >= 0.6 is 0 Å². The average Bonchev–Trinajstić information content (AvgIpc) is 3.13. The zero-order valence-electron chi connectivity index (χ0n) is 9.76. The van der Waals surface area contributed by atoms with Gasteiger partial charge in [-0.1, -0.05) is 5.16 Å². The van der Waals surface area contributed by atoms with E-state index in [1.807, 2.05) is 0 Å². The highest BCUT2D eigenvalue weighted by Crippen LogP contribution is 2.38. The Morgan fingerprint density at radius 3 is 2.83 bits per heavy atom. The predicted octanol–water partition coefficient (Wildman–Crippen LogP) is 1.24. The van der Waals surface area contributed by atoms with Gasteiger partial charge in [0.15, 0.2) is 5.76 Å². The molecule has 0 amide bonds. The first kappa shape index (κ1) is 11.0. The maximum absolute atomic E-state index is 5.40. The molecule has 0 saturated heterocycles. The van der Waals surface area contributed by atoms with Crippen LogP contribution in [0.3, 0.4) is 0 Å². The number of hydrogen-bond donors (Lipinski definition) is 3. The summed E-state index contributed by atoms with van der Waals surface area (Å²) >= 11 is 0. The number of rotatable bonds is 5. The largest absolute Gasteiger partial charge is 0.363 e. The summed E-state index contributed by atoms with van der Waals surface area (Å²) in [4.78, 5) is 8.80. The number of aromatic nitrogens is 3. The minimum absolute atomic E-state index is 0.476. The summed E-state index contributed by atoms with van der Waals surface area (Å²) in [6.07, 6.45) is 3.91. The van der Waals surface area contributed by atoms with Crippen LogP contribution in [0.4, 0.5) is 11.6 Å². The Labute approximate surface area is 104 Å². The number of hydrogen-bond acceptors (Lipinski definition) is 7. The first-order valence-electron chi connectivity index (χ1n) is 5.84. The van der Waals surface area contributed by atoms with Crippen LogP contribution in [0.25, 0.3) is 0 Å². The van der Waals surface area contributed by atoms with Gasteiger partial charge in [0.25, 0.3) is 0 Å². The second-order valence-electron chi connectivity index (χ2n) is 4.25. The van der Waals surface area contributed by atoms with Crippen LogP contribution in [-0.4, -0.2) is 15.1 Å². The zero-order valence-corrected chi connectivity index (χ0v) is 9.76. The third-order valence-corrected chi connectivity index (χ3v) is 2.77. The summed E-state index contributed by atoms with van der Waals surface area (Å²) in [7, 11) is 0. The second kappa shape index (κ2) is 4.61. The maximum Gasteiger partial charge on any atom is 0.155 e. The highest BCUT2D eigenvalue weighted by Gasteiger charge is 2.27. The third kappa shape index (κ3) is 2.40. The van der Waals surface area contributed by atoms with Gasteiger partial charge in [-0.05, 0) is 12.8 Å². The highest BCUT2D eigenvalue weighted by molar-refractivity contribution is 5.47. The molecule has 1 saturated carbocycles. The Kier molecular flexibility index (Phi) is 2.81. The summed E-state index contributed by atoms with van der Waals surface area (Å²) < 4.78 is 5.01. The van der Waals surface area contributed by atoms with Crippen molar-refractivity contribution in [2.45, 2.75) is 25.3 Å². The van der Waals surface area contributed by atoms with Crippen LogP contribution in [0.2, 0.25) is 0 Å². The molecule has 0 bridgehead atoms. The van der Waals surface area contributed by atoms with Gasteiger partial charge in [-0.15, -0.1) is 0 Å². The monoisotopic (exact) mass is 246 g/mol. The van der Waals surface area contributed by atoms with E-state index in [4.69, 9.17) is 10.4 Å². The van der Waals surface area contributed by atoms with E-state index in [-0.39, 0.29) is 0 Å². The molecule has 1 aliphatic carbocycles. The van der Waals surface area contributed by atoms with Crippen molar-refractivity contribution in [1.29, 1.82) is 0 Å². The minimum atomic E-state index is 0.476. The maximum atomic E-state index is 5.40. The van der Waals surface area contributed by atoms with Crippen LogP contribution in [-0.2, 0) is 6.54 Å². The van der Waals surface area contributed by atoms with Gasteiger partial charge in [-0.2, -0.15) is 0 Å². The van der Waals surface area contributed by atoms with Crippen LogP contribution < -0.4 is 16.6 Å². The first-order chi connectivity index (χ1) is 8.85. The van der Waals surface area contributed by atoms with Gasteiger partial charge in [-0.25, -0.2) is 15.8 Å². The molecule has 0 atom stereocenters. The Bertz CT molecular complexity index is 522. The number of nitrogen functional groups attached to an aromatic ring is 1. The summed E-state index contributed by atoms with van der Waals surface area (Å²) in [6.45, 7) is 0.533. The molecule has 1 fully saturated rings. The Balaban J connectivity index is 1.75. The molecule has 2 aromatic rings. The molecule has 0 spiro atoms. The van der Waals surface area contributed by atoms with Gasteiger partial charge in [0.05, 0.1) is 12.7 Å². The Hall–Kier alpha value is -2.15. The number of nitrogens with zero attached hydrogens (tertiary/aromatic N) is 3. The van der Waals surface area contributed by atoms with E-state index in [0.717, 1.165) is 30.2 Å². The van der Waals surface area contributed by atoms with Crippen molar-refractivity contribution in [3.63, 3.8) is 0 Å². The van der Waals surface area contributed by atoms with Crippen molar-refractivity contribution in [2.24, 2.45) is 5.84 Å². The van der Waals surface area contributed by atoms with Crippen molar-refractivity contribution in [3.05, 3.63) is 29.9 Å². The molecule has 7 heteroatoms. The molecule has 0 aliphatic heterocycles. The molecule has 2 aromatic heterocycles. The molecule has 2 heterocycles. The summed E-state index contributed by atoms with van der Waals surface area (Å²) in [5, 5.41) is 6.81. The molecule has 4 N–H and O–H groups in total. The third-order valence-electron chi connectivity index (χ3n) is 2.77. The van der Waals surface area contributed by atoms with E-state index in [2.05, 4.69) is 25.9 Å². The molecular weight excluding hydrogens is 232 g/mol. The topological polar surface area (TPSA) is 102 Å². The van der Waals surface area contributed by atoms with Gasteiger partial charge >= 0.3 is 0 Å². The van der Waals surface area contributed by atoms with Crippen LogP contribution in [0.15, 0.2) is 22.9 Å². The lowest BCUT2D eigenvalue weighted by Crippen LogP contribution is -2.12. The SMILES string of the molecule is NNc1cc(NCc2ccno2)nc(C2CC2)n1. The van der Waals surface area contributed by atoms with E-state index in [1.165, 1.54) is 0 Å². The molecule has 1 aliphatic rings. The molecule has 94 valence electrons. The van der Waals surface area contributed by atoms with Crippen molar-refractivity contribution in [1.82, 2.24) is 15.1 Å². The molecule has 0 unspecified atom stereocenters. The fraction of sp³-hybridized carbons (Fsp3) is 0.364. The number of nitrogens with two attached hydrogens (primary N) is 1. The van der Waals surface area contributed by atoms with Crippen molar-refractivity contribution in [2.75, 3.05) is 10.7 Å². The zero-order chi connectivity index (χ0) is 12.4. The predicted molar refractivity (Wildman–Crippen MR) is 65.6 cm³/mol. The Morgan fingerprint density at radius 2 is 2.17 bits per heavy atom. The van der Waals surface area contributed by atoms with Gasteiger partial charge in [0.2, 0.25) is 0 Å². The highest BCUT2D eigenvalue weighted by atomic mass is 16.5. The molecule has 0 aromatic carbocycles. The average molecular weight is 246 g/mol. The normalized spacial score (nSPS) is 14.5. The fourth-order valence-electron chi connectivity index (χ4n) is 1.67. The number of anilines is 2. The van der Waals surface area contributed by atoms with Gasteiger partial charge < -0.3 is 15.3 Å². The fourth-order valence-corrected chi connectivity index (χ4v) is 1.67. The van der Waals surface area contributed by atoms with E-state index in [1.54, 1.807) is 18.3 Å². The smallest absolute Gasteiger partial charge is 0.155 e. The van der Waals surface area contributed by atoms with Crippen molar-refractivity contribution < 1.29 is 4.52 Å². The van der Waals surface area contributed by atoms with Crippen molar-refractivity contribution >= 4 is 11.6 Å². The second-order valence-corrected chi connectivity index (χ2v) is 4.25. The van der Waals surface area contributed by atoms with Gasteiger partial charge in [-0.3, -0.25) is 0 Å². The number of hydrazine groups is 1. The summed E-state index contributed by atoms with van der Waals surface area (Å²) in [5.41, 5.74) is 2.56. The quantitative estimate of drug-likeness (QED) is 0.538. The van der Waals surface area contributed by atoms with Crippen LogP contribution in [0.1, 0.15) is 30.3 Å². The van der Waals surface area contributed by atoms with Crippen LogP contribution in [0.5, 0.6) is 0 Å². The van der Waals surface area contributed by atoms with Crippen LogP contribution in [0, 0.1) is 0 Å². The molecule has 0 radical (unpaired) electrons. The Morgan fingerprint density at radius 1 is 1.33 bits per heavy atom. The van der Waals surface area contributed by atoms with E-state index in [9.17, 15) is 0 Å². The number of nitrogens with one attached hydrogen (secondary N) is 2. The summed E-state index contributed by atoms with van der Waals surface area (Å²) in [6, 6.07) is 3.57. The van der Waals surface area contributed by atoms with Gasteiger partial charge in [0.1, 0.15) is 17.5 Å². The first-order valence-corrected chi connectivity index (χ1v) is 5.84. The van der Waals surface area contributed by atoms with E-state index in [0.29, 0.717) is 18.3 Å². The lowest BCUT2D eigenvalue weighted by atomic mass is 10.3. The van der Waals surface area contributed by atoms with Crippen molar-refractivity contribution in [3.8, 4) is 0 Å². The molecule has 7 nitrogen and oxygen atoms in total. The lowest BCUT2D eigenvalue weighted by Gasteiger charge is -2.08. The minimum Gasteiger partial charge on any atom is -0.363 e. The van der Waals surface area contributed by atoms with Gasteiger partial charge in [0, 0.05) is 18.1 Å². The molecule has 3 rings (SSSR count).